The molecule has 0 radical (unpaired) electrons. The largest absolute Gasteiger partial charge is 0.505 e. The van der Waals surface area contributed by atoms with E-state index >= 15 is 0 Å². The Labute approximate surface area is 140 Å². The van der Waals surface area contributed by atoms with Crippen LogP contribution in [-0.2, 0) is 13.1 Å². The van der Waals surface area contributed by atoms with Gasteiger partial charge in [-0.15, -0.1) is 0 Å². The van der Waals surface area contributed by atoms with Crippen molar-refractivity contribution in [1.29, 1.82) is 0 Å². The third-order valence-electron chi connectivity index (χ3n) is 3.13. The van der Waals surface area contributed by atoms with E-state index in [1.165, 1.54) is 12.1 Å². The second-order valence-corrected chi connectivity index (χ2v) is 5.40. The second-order valence-electron chi connectivity index (χ2n) is 4.96. The van der Waals surface area contributed by atoms with Crippen molar-refractivity contribution in [1.82, 2.24) is 10.6 Å². The SMILES string of the molecule is CCNC(=NCc1cccc(Cl)c1)NCc1ccc(O)c(F)c1. The number of nitrogens with one attached hydrogen (secondary N) is 2. The number of phenolic OH excluding ortho intramolecular Hbond substituents is 1. The van der Waals surface area contributed by atoms with Crippen LogP contribution in [0.25, 0.3) is 0 Å². The Bertz CT molecular complexity index is 691. The summed E-state index contributed by atoms with van der Waals surface area (Å²) in [5, 5.41) is 16.1. The number of aromatic hydroxyl groups is 1. The van der Waals surface area contributed by atoms with Crippen LogP contribution in [0.5, 0.6) is 5.75 Å². The van der Waals surface area contributed by atoms with E-state index in [2.05, 4.69) is 15.6 Å². The van der Waals surface area contributed by atoms with Crippen molar-refractivity contribution in [3.8, 4) is 5.75 Å². The van der Waals surface area contributed by atoms with Crippen molar-refractivity contribution in [2.45, 2.75) is 20.0 Å². The van der Waals surface area contributed by atoms with Gasteiger partial charge in [-0.05, 0) is 42.3 Å². The van der Waals surface area contributed by atoms with Crippen LogP contribution in [0, 0.1) is 5.82 Å². The number of aliphatic imine (C=N–C) groups is 1. The van der Waals surface area contributed by atoms with E-state index in [-0.39, 0.29) is 5.75 Å². The van der Waals surface area contributed by atoms with E-state index in [4.69, 9.17) is 11.6 Å². The standard InChI is InChI=1S/C17H19ClFN3O/c1-2-20-17(21-10-12-4-3-5-14(18)8-12)22-11-13-6-7-16(23)15(19)9-13/h3-9,23H,2,10-11H2,1H3,(H2,20,21,22). The van der Waals surface area contributed by atoms with Gasteiger partial charge in [-0.3, -0.25) is 0 Å². The molecule has 0 saturated heterocycles. The van der Waals surface area contributed by atoms with Crippen LogP contribution in [0.4, 0.5) is 4.39 Å². The number of hydrogen-bond donors (Lipinski definition) is 3. The van der Waals surface area contributed by atoms with Gasteiger partial charge in [0, 0.05) is 18.1 Å². The smallest absolute Gasteiger partial charge is 0.191 e. The molecule has 0 atom stereocenters. The van der Waals surface area contributed by atoms with Gasteiger partial charge in [-0.25, -0.2) is 9.38 Å². The summed E-state index contributed by atoms with van der Waals surface area (Å²) in [5.74, 6) is -0.360. The van der Waals surface area contributed by atoms with Crippen LogP contribution < -0.4 is 10.6 Å². The van der Waals surface area contributed by atoms with Crippen LogP contribution in [0.1, 0.15) is 18.1 Å². The maximum absolute atomic E-state index is 13.3. The Morgan fingerprint density at radius 3 is 2.70 bits per heavy atom. The molecule has 2 rings (SSSR count). The molecule has 0 aromatic heterocycles. The quantitative estimate of drug-likeness (QED) is 0.579. The van der Waals surface area contributed by atoms with Gasteiger partial charge in [-0.2, -0.15) is 0 Å². The van der Waals surface area contributed by atoms with Gasteiger partial charge >= 0.3 is 0 Å². The van der Waals surface area contributed by atoms with Crippen molar-refractivity contribution >= 4 is 17.6 Å². The fraction of sp³-hybridized carbons (Fsp3) is 0.235. The number of rotatable bonds is 5. The van der Waals surface area contributed by atoms with Crippen molar-refractivity contribution in [3.63, 3.8) is 0 Å². The molecule has 0 aliphatic heterocycles. The number of halogens is 2. The van der Waals surface area contributed by atoms with Crippen molar-refractivity contribution in [2.24, 2.45) is 4.99 Å². The Morgan fingerprint density at radius 2 is 2.00 bits per heavy atom. The Morgan fingerprint density at radius 1 is 1.17 bits per heavy atom. The maximum atomic E-state index is 13.3. The van der Waals surface area contributed by atoms with E-state index < -0.39 is 5.82 Å². The predicted octanol–water partition coefficient (Wildman–Crippen LogP) is 3.44. The van der Waals surface area contributed by atoms with Gasteiger partial charge in [0.1, 0.15) is 0 Å². The first kappa shape index (κ1) is 17.1. The van der Waals surface area contributed by atoms with Crippen molar-refractivity contribution in [2.75, 3.05) is 6.54 Å². The van der Waals surface area contributed by atoms with Gasteiger partial charge in [0.2, 0.25) is 0 Å². The van der Waals surface area contributed by atoms with Crippen LogP contribution in [0.15, 0.2) is 47.5 Å². The number of phenols is 1. The summed E-state index contributed by atoms with van der Waals surface area (Å²) in [6.07, 6.45) is 0. The lowest BCUT2D eigenvalue weighted by atomic mass is 10.2. The molecule has 23 heavy (non-hydrogen) atoms. The van der Waals surface area contributed by atoms with Crippen LogP contribution in [0.2, 0.25) is 5.02 Å². The molecule has 4 nitrogen and oxygen atoms in total. The van der Waals surface area contributed by atoms with Crippen LogP contribution in [-0.4, -0.2) is 17.6 Å². The van der Waals surface area contributed by atoms with E-state index in [0.717, 1.165) is 5.56 Å². The highest BCUT2D eigenvalue weighted by Crippen LogP contribution is 2.16. The molecule has 0 unspecified atom stereocenters. The molecular weight excluding hydrogens is 317 g/mol. The van der Waals surface area contributed by atoms with E-state index in [1.54, 1.807) is 6.07 Å². The molecule has 0 bridgehead atoms. The van der Waals surface area contributed by atoms with E-state index in [0.29, 0.717) is 36.2 Å². The Hall–Kier alpha value is -2.27. The summed E-state index contributed by atoms with van der Waals surface area (Å²) in [6.45, 7) is 3.57. The van der Waals surface area contributed by atoms with Crippen molar-refractivity contribution < 1.29 is 9.50 Å². The van der Waals surface area contributed by atoms with Gasteiger partial charge in [-0.1, -0.05) is 29.8 Å². The highest BCUT2D eigenvalue weighted by Gasteiger charge is 2.03. The average molecular weight is 336 g/mol. The molecule has 0 aliphatic rings. The number of benzene rings is 2. The lowest BCUT2D eigenvalue weighted by molar-refractivity contribution is 0.431. The third kappa shape index (κ3) is 5.45. The molecule has 3 N–H and O–H groups in total. The Kier molecular flexibility index (Phi) is 6.23. The topological polar surface area (TPSA) is 56.7 Å². The number of guanidine groups is 1. The summed E-state index contributed by atoms with van der Waals surface area (Å²) >= 11 is 5.95. The van der Waals surface area contributed by atoms with E-state index in [1.807, 2.05) is 31.2 Å². The maximum Gasteiger partial charge on any atom is 0.191 e. The summed E-state index contributed by atoms with van der Waals surface area (Å²) < 4.78 is 13.3. The van der Waals surface area contributed by atoms with Crippen molar-refractivity contribution in [3.05, 3.63) is 64.4 Å². The van der Waals surface area contributed by atoms with Crippen LogP contribution >= 0.6 is 11.6 Å². The van der Waals surface area contributed by atoms with Gasteiger partial charge < -0.3 is 15.7 Å². The first-order valence-electron chi connectivity index (χ1n) is 7.32. The summed E-state index contributed by atoms with van der Waals surface area (Å²) in [7, 11) is 0. The zero-order valence-electron chi connectivity index (χ0n) is 12.8. The summed E-state index contributed by atoms with van der Waals surface area (Å²) in [6, 6.07) is 11.8. The minimum atomic E-state index is -0.634. The molecule has 2 aromatic carbocycles. The predicted molar refractivity (Wildman–Crippen MR) is 91.2 cm³/mol. The Balaban J connectivity index is 1.99. The minimum Gasteiger partial charge on any atom is -0.505 e. The first-order valence-corrected chi connectivity index (χ1v) is 7.70. The molecule has 0 spiro atoms. The normalized spacial score (nSPS) is 11.3. The van der Waals surface area contributed by atoms with Gasteiger partial charge in [0.15, 0.2) is 17.5 Å². The van der Waals surface area contributed by atoms with Crippen LogP contribution in [0.3, 0.4) is 0 Å². The fourth-order valence-corrected chi connectivity index (χ4v) is 2.21. The molecule has 0 aliphatic carbocycles. The monoisotopic (exact) mass is 335 g/mol. The van der Waals surface area contributed by atoms with Gasteiger partial charge in [0.05, 0.1) is 6.54 Å². The number of nitrogens with zero attached hydrogens (tertiary/aromatic N) is 1. The minimum absolute atomic E-state index is 0.352. The average Bonchev–Trinajstić information content (AvgIpc) is 2.53. The fourth-order valence-electron chi connectivity index (χ4n) is 1.99. The van der Waals surface area contributed by atoms with E-state index in [9.17, 15) is 9.50 Å². The third-order valence-corrected chi connectivity index (χ3v) is 3.36. The molecule has 0 saturated carbocycles. The molecule has 6 heteroatoms. The molecule has 0 heterocycles. The highest BCUT2D eigenvalue weighted by atomic mass is 35.5. The summed E-state index contributed by atoms with van der Waals surface area (Å²) in [4.78, 5) is 4.47. The molecule has 0 amide bonds. The first-order chi connectivity index (χ1) is 11.1. The zero-order valence-corrected chi connectivity index (χ0v) is 13.6. The summed E-state index contributed by atoms with van der Waals surface area (Å²) in [5.41, 5.74) is 1.72. The molecule has 122 valence electrons. The highest BCUT2D eigenvalue weighted by molar-refractivity contribution is 6.30. The molecule has 0 fully saturated rings. The zero-order chi connectivity index (χ0) is 16.7. The molecular formula is C17H19ClFN3O. The lowest BCUT2D eigenvalue weighted by Gasteiger charge is -2.11. The second kappa shape index (κ2) is 8.39. The molecule has 2 aromatic rings. The number of hydrogen-bond acceptors (Lipinski definition) is 2. The van der Waals surface area contributed by atoms with Gasteiger partial charge in [0.25, 0.3) is 0 Å². The lowest BCUT2D eigenvalue weighted by Crippen LogP contribution is -2.36.